The molecule has 3 N–H and O–H groups in total. The maximum Gasteiger partial charge on any atom is 0.272 e. The van der Waals surface area contributed by atoms with Crippen LogP contribution in [0.15, 0.2) is 106 Å². The number of fused-ring (bicyclic) bond motifs is 4. The molecule has 0 unspecified atom stereocenters. The Bertz CT molecular complexity index is 2740. The van der Waals surface area contributed by atoms with E-state index in [1.54, 1.807) is 22.9 Å². The van der Waals surface area contributed by atoms with E-state index in [2.05, 4.69) is 51.6 Å². The van der Waals surface area contributed by atoms with E-state index < -0.39 is 0 Å². The molecule has 9 rings (SSSR count). The van der Waals surface area contributed by atoms with Crippen LogP contribution >= 0.6 is 27.5 Å². The predicted molar refractivity (Wildman–Crippen MR) is 207 cm³/mol. The summed E-state index contributed by atoms with van der Waals surface area (Å²) in [6, 6.07) is 26.1. The van der Waals surface area contributed by atoms with Gasteiger partial charge in [0.15, 0.2) is 0 Å². The molecule has 0 saturated heterocycles. The largest absolute Gasteiger partial charge is 0.492 e. The van der Waals surface area contributed by atoms with E-state index in [0.717, 1.165) is 44.1 Å². The number of nitrogens with one attached hydrogen (secondary N) is 3. The minimum Gasteiger partial charge on any atom is -0.492 e. The number of hydrogen-bond donors (Lipinski definition) is 3. The number of H-pyrrole nitrogens is 3. The molecule has 0 atom stereocenters. The van der Waals surface area contributed by atoms with Crippen molar-refractivity contribution in [3.05, 3.63) is 144 Å². The third-order valence-corrected chi connectivity index (χ3v) is 9.48. The molecule has 1 saturated carbocycles. The van der Waals surface area contributed by atoms with Crippen molar-refractivity contribution in [3.63, 3.8) is 0 Å². The van der Waals surface area contributed by atoms with Crippen molar-refractivity contribution < 1.29 is 4.74 Å². The predicted octanol–water partition coefficient (Wildman–Crippen LogP) is 6.81. The summed E-state index contributed by atoms with van der Waals surface area (Å²) in [5.41, 5.74) is 2.81. The molecule has 0 aliphatic heterocycles. The molecule has 0 amide bonds. The molecule has 1 aliphatic rings. The lowest BCUT2D eigenvalue weighted by molar-refractivity contribution is 0.300. The minimum atomic E-state index is -0.191. The van der Waals surface area contributed by atoms with Gasteiger partial charge in [0.1, 0.15) is 5.75 Å². The Morgan fingerprint density at radius 1 is 0.750 bits per heavy atom. The summed E-state index contributed by atoms with van der Waals surface area (Å²) in [6.45, 7) is 3.03. The highest BCUT2D eigenvalue weighted by Crippen LogP contribution is 2.34. The van der Waals surface area contributed by atoms with Gasteiger partial charge in [-0.3, -0.25) is 19.1 Å². The quantitative estimate of drug-likeness (QED) is 0.155. The Morgan fingerprint density at radius 3 is 1.85 bits per heavy atom. The number of rotatable bonds is 6. The molecule has 0 bridgehead atoms. The zero-order chi connectivity index (χ0) is 36.2. The molecule has 4 aromatic carbocycles. The summed E-state index contributed by atoms with van der Waals surface area (Å²) in [4.78, 5) is 34.5. The van der Waals surface area contributed by atoms with E-state index in [0.29, 0.717) is 51.3 Å². The standard InChI is InChI=1S/C20H17ClN4O2.C9H7BrN2O.C9H8N2O/c21-16-8-17-13(7-19(16)27-11-12-5-6-12)9-25(24-17)10-18-14-3-1-2-4-15(14)20(26)23-22-18;10-5-8-6-3-1-2-4-7(6)9(13)12-11-8;1-6-7-4-2-3-5-8(7)9(12)11-10-6/h1-4,7-9,12H,5-6,10-11H2,(H,23,26);1-4H,5H2,(H,12,13);2-5H,1H3,(H,11,12). The van der Waals surface area contributed by atoms with Crippen LogP contribution in [0, 0.1) is 12.8 Å². The first-order chi connectivity index (χ1) is 25.3. The SMILES string of the molecule is Cc1n[nH]c(=O)c2ccccc12.O=c1[nH]nc(CBr)c2ccccc12.O=c1[nH]nc(Cn2cc3cc(OCC4CC4)c(Cl)cc3n2)c2ccccc12. The number of halogens is 2. The third kappa shape index (κ3) is 7.65. The normalized spacial score (nSPS) is 12.4. The lowest BCUT2D eigenvalue weighted by atomic mass is 10.1. The smallest absolute Gasteiger partial charge is 0.272 e. The number of aromatic amines is 3. The highest BCUT2D eigenvalue weighted by molar-refractivity contribution is 9.08. The molecule has 4 aromatic heterocycles. The van der Waals surface area contributed by atoms with Gasteiger partial charge < -0.3 is 4.74 Å². The van der Waals surface area contributed by atoms with Gasteiger partial charge in [-0.2, -0.15) is 20.4 Å². The maximum absolute atomic E-state index is 11.9. The van der Waals surface area contributed by atoms with Crippen LogP contribution in [0.4, 0.5) is 0 Å². The number of nitrogens with zero attached hydrogens (tertiary/aromatic N) is 5. The van der Waals surface area contributed by atoms with Gasteiger partial charge in [0.2, 0.25) is 0 Å². The minimum absolute atomic E-state index is 0.129. The van der Waals surface area contributed by atoms with Crippen LogP contribution in [-0.4, -0.2) is 47.0 Å². The Labute approximate surface area is 308 Å². The fourth-order valence-electron chi connectivity index (χ4n) is 5.73. The fraction of sp³-hybridized carbons (Fsp3) is 0.184. The molecule has 0 spiro atoms. The van der Waals surface area contributed by atoms with E-state index in [1.807, 2.05) is 79.9 Å². The summed E-state index contributed by atoms with van der Waals surface area (Å²) in [6.07, 6.45) is 4.41. The zero-order valence-corrected chi connectivity index (χ0v) is 30.2. The summed E-state index contributed by atoms with van der Waals surface area (Å²) in [7, 11) is 0. The van der Waals surface area contributed by atoms with Crippen LogP contribution < -0.4 is 21.4 Å². The van der Waals surface area contributed by atoms with Crippen LogP contribution in [0.5, 0.6) is 5.75 Å². The van der Waals surface area contributed by atoms with Crippen LogP contribution in [0.2, 0.25) is 5.02 Å². The second-order valence-electron chi connectivity index (χ2n) is 12.3. The molecule has 262 valence electrons. The number of benzene rings is 4. The number of hydrogen-bond acceptors (Lipinski definition) is 8. The first-order valence-electron chi connectivity index (χ1n) is 16.5. The van der Waals surface area contributed by atoms with E-state index in [9.17, 15) is 14.4 Å². The molecular formula is C38H32BrClN8O4. The van der Waals surface area contributed by atoms with Crippen LogP contribution in [0.25, 0.3) is 43.2 Å². The first kappa shape index (κ1) is 34.8. The van der Waals surface area contributed by atoms with E-state index in [1.165, 1.54) is 12.8 Å². The van der Waals surface area contributed by atoms with Gasteiger partial charge in [0, 0.05) is 33.1 Å². The lowest BCUT2D eigenvalue weighted by Gasteiger charge is -2.06. The molecule has 0 radical (unpaired) electrons. The molecule has 8 aromatic rings. The third-order valence-electron chi connectivity index (χ3n) is 8.65. The number of ether oxygens (including phenoxy) is 1. The van der Waals surface area contributed by atoms with Crippen molar-refractivity contribution in [2.75, 3.05) is 6.61 Å². The van der Waals surface area contributed by atoms with Crippen molar-refractivity contribution in [1.29, 1.82) is 0 Å². The fourth-order valence-corrected chi connectivity index (χ4v) is 6.37. The van der Waals surface area contributed by atoms with Gasteiger partial charge in [0.25, 0.3) is 16.7 Å². The molecule has 1 fully saturated rings. The Kier molecular flexibility index (Phi) is 10.2. The maximum atomic E-state index is 11.9. The molecular weight excluding hydrogens is 748 g/mol. The van der Waals surface area contributed by atoms with Gasteiger partial charge in [-0.25, -0.2) is 15.3 Å². The number of alkyl halides is 1. The highest BCUT2D eigenvalue weighted by atomic mass is 79.9. The van der Waals surface area contributed by atoms with Gasteiger partial charge in [-0.1, -0.05) is 82.1 Å². The second kappa shape index (κ2) is 15.3. The van der Waals surface area contributed by atoms with E-state index in [4.69, 9.17) is 16.3 Å². The second-order valence-corrected chi connectivity index (χ2v) is 13.3. The molecule has 52 heavy (non-hydrogen) atoms. The molecule has 12 nitrogen and oxygen atoms in total. The van der Waals surface area contributed by atoms with Crippen LogP contribution in [0.1, 0.15) is 29.9 Å². The van der Waals surface area contributed by atoms with E-state index >= 15 is 0 Å². The monoisotopic (exact) mass is 778 g/mol. The topological polar surface area (TPSA) is 164 Å². The van der Waals surface area contributed by atoms with Crippen molar-refractivity contribution >= 4 is 70.8 Å². The summed E-state index contributed by atoms with van der Waals surface area (Å²) < 4.78 is 7.65. The lowest BCUT2D eigenvalue weighted by Crippen LogP contribution is -2.13. The Hall–Kier alpha value is -5.66. The number of aromatic nitrogens is 8. The van der Waals surface area contributed by atoms with Crippen molar-refractivity contribution in [2.24, 2.45) is 5.92 Å². The molecule has 4 heterocycles. The van der Waals surface area contributed by atoms with Gasteiger partial charge in [-0.15, -0.1) is 0 Å². The molecule has 1 aliphatic carbocycles. The summed E-state index contributed by atoms with van der Waals surface area (Å²) in [5, 5.41) is 30.9. The van der Waals surface area contributed by atoms with Crippen LogP contribution in [0.3, 0.4) is 0 Å². The van der Waals surface area contributed by atoms with Crippen molar-refractivity contribution in [2.45, 2.75) is 31.6 Å². The van der Waals surface area contributed by atoms with Crippen LogP contribution in [-0.2, 0) is 11.9 Å². The van der Waals surface area contributed by atoms with E-state index in [-0.39, 0.29) is 16.7 Å². The Morgan fingerprint density at radius 2 is 1.27 bits per heavy atom. The average Bonchev–Trinajstić information content (AvgIpc) is 3.93. The average molecular weight is 780 g/mol. The highest BCUT2D eigenvalue weighted by Gasteiger charge is 2.22. The summed E-state index contributed by atoms with van der Waals surface area (Å²) in [5.74, 6) is 1.36. The van der Waals surface area contributed by atoms with Gasteiger partial charge in [0.05, 0.1) is 56.9 Å². The van der Waals surface area contributed by atoms with Crippen molar-refractivity contribution in [1.82, 2.24) is 40.4 Å². The van der Waals surface area contributed by atoms with Gasteiger partial charge in [-0.05, 0) is 56.0 Å². The zero-order valence-electron chi connectivity index (χ0n) is 27.9. The summed E-state index contributed by atoms with van der Waals surface area (Å²) >= 11 is 9.66. The first-order valence-corrected chi connectivity index (χ1v) is 18.0. The Balaban J connectivity index is 0.000000139. The molecule has 14 heteroatoms. The van der Waals surface area contributed by atoms with Gasteiger partial charge >= 0.3 is 0 Å². The van der Waals surface area contributed by atoms with Crippen molar-refractivity contribution in [3.8, 4) is 5.75 Å². The number of aryl methyl sites for hydroxylation is 1.